The predicted molar refractivity (Wildman–Crippen MR) is 342 cm³/mol. The van der Waals surface area contributed by atoms with Gasteiger partial charge in [0.25, 0.3) is 0 Å². The SMILES string of the molecule is c1ccc(-c2ccccc2-c2ccccc2-c2ccccc2-c2ccc(N(c3ccc(-c4cccc(-n5c6ccccc6c6ccccc65)c4)cc3)c3ccc(-c4ccc5c(c4)c4ccccc4n5-c4ccccc4)cc3)cc2)cc1. The van der Waals surface area contributed by atoms with Crippen molar-refractivity contribution in [3.05, 3.63) is 322 Å². The molecule has 13 aromatic carbocycles. The molecule has 0 unspecified atom stereocenters. The van der Waals surface area contributed by atoms with Gasteiger partial charge in [-0.3, -0.25) is 0 Å². The Morgan fingerprint density at radius 3 is 1.01 bits per heavy atom. The van der Waals surface area contributed by atoms with E-state index < -0.39 is 0 Å². The number of fused-ring (bicyclic) bond motifs is 6. The highest BCUT2D eigenvalue weighted by atomic mass is 15.1. The number of rotatable bonds is 11. The minimum Gasteiger partial charge on any atom is -0.311 e. The van der Waals surface area contributed by atoms with Gasteiger partial charge >= 0.3 is 0 Å². The summed E-state index contributed by atoms with van der Waals surface area (Å²) in [5, 5.41) is 4.99. The summed E-state index contributed by atoms with van der Waals surface area (Å²) in [5.74, 6) is 0. The van der Waals surface area contributed by atoms with Crippen molar-refractivity contribution in [1.29, 1.82) is 0 Å². The summed E-state index contributed by atoms with van der Waals surface area (Å²) in [5.41, 5.74) is 24.5. The molecule has 0 spiro atoms. The highest BCUT2D eigenvalue weighted by molar-refractivity contribution is 6.11. The molecule has 3 nitrogen and oxygen atoms in total. The summed E-state index contributed by atoms with van der Waals surface area (Å²) < 4.78 is 4.76. The molecule has 15 rings (SSSR count). The zero-order chi connectivity index (χ0) is 53.6. The highest BCUT2D eigenvalue weighted by Gasteiger charge is 2.20. The zero-order valence-corrected chi connectivity index (χ0v) is 44.4. The Balaban J connectivity index is 0.808. The van der Waals surface area contributed by atoms with Crippen molar-refractivity contribution in [3.8, 4) is 78.1 Å². The van der Waals surface area contributed by atoms with Crippen molar-refractivity contribution in [2.45, 2.75) is 0 Å². The average Bonchev–Trinajstić information content (AvgIpc) is 4.32. The Bertz CT molecular complexity index is 4730. The van der Waals surface area contributed by atoms with Gasteiger partial charge in [-0.25, -0.2) is 0 Å². The second-order valence-electron chi connectivity index (χ2n) is 20.8. The molecule has 0 atom stereocenters. The van der Waals surface area contributed by atoms with Crippen molar-refractivity contribution in [3.63, 3.8) is 0 Å². The van der Waals surface area contributed by atoms with Gasteiger partial charge in [-0.2, -0.15) is 0 Å². The molecule has 0 saturated carbocycles. The van der Waals surface area contributed by atoms with Gasteiger partial charge in [-0.15, -0.1) is 0 Å². The first-order valence-electron chi connectivity index (χ1n) is 27.8. The fourth-order valence-electron chi connectivity index (χ4n) is 12.4. The summed E-state index contributed by atoms with van der Waals surface area (Å²) in [6.45, 7) is 0. The van der Waals surface area contributed by atoms with Gasteiger partial charge in [0.2, 0.25) is 0 Å². The largest absolute Gasteiger partial charge is 0.311 e. The lowest BCUT2D eigenvalue weighted by Crippen LogP contribution is -2.09. The third kappa shape index (κ3) is 8.48. The number of para-hydroxylation sites is 4. The molecule has 0 aliphatic rings. The molecule has 3 heteroatoms. The number of hydrogen-bond donors (Lipinski definition) is 0. The van der Waals surface area contributed by atoms with Crippen molar-refractivity contribution in [1.82, 2.24) is 9.13 Å². The Kier molecular flexibility index (Phi) is 11.9. The zero-order valence-electron chi connectivity index (χ0n) is 44.4. The molecule has 0 aliphatic heterocycles. The topological polar surface area (TPSA) is 13.1 Å². The maximum atomic E-state index is 2.39. The molecule has 0 saturated heterocycles. The number of nitrogens with zero attached hydrogens (tertiary/aromatic N) is 3. The predicted octanol–water partition coefficient (Wildman–Crippen LogP) is 21.4. The first-order chi connectivity index (χ1) is 40.2. The van der Waals surface area contributed by atoms with Gasteiger partial charge in [0.1, 0.15) is 0 Å². The molecule has 0 N–H and O–H groups in total. The molecular weight excluding hydrogens is 979 g/mol. The maximum absolute atomic E-state index is 2.39. The molecule has 0 radical (unpaired) electrons. The second-order valence-corrected chi connectivity index (χ2v) is 20.8. The quantitative estimate of drug-likeness (QED) is 0.126. The van der Waals surface area contributed by atoms with Crippen LogP contribution in [0.5, 0.6) is 0 Å². The summed E-state index contributed by atoms with van der Waals surface area (Å²) in [6, 6.07) is 117. The van der Waals surface area contributed by atoms with Crippen LogP contribution in [0.2, 0.25) is 0 Å². The van der Waals surface area contributed by atoms with E-state index in [1.807, 2.05) is 0 Å². The van der Waals surface area contributed by atoms with Gasteiger partial charge in [-0.1, -0.05) is 231 Å². The van der Waals surface area contributed by atoms with Crippen LogP contribution >= 0.6 is 0 Å². The first-order valence-corrected chi connectivity index (χ1v) is 27.8. The standard InChI is InChI=1S/C78H53N3/c1-3-20-56(21-4-1)65-26-7-9-28-67(65)69-30-11-12-31-70(69)68-29-10-8-27-66(68)57-42-49-63(50-43-57)79(61-45-38-54(39-46-61)58-22-19-25-64(52-58)81-75-35-16-13-32-71(75)72-33-14-17-36-76(72)81)62-47-40-55(41-48-62)59-44-51-78-74(53-59)73-34-15-18-37-77(73)80(78)60-23-5-2-6-24-60/h1-53H. The summed E-state index contributed by atoms with van der Waals surface area (Å²) >= 11 is 0. The van der Waals surface area contributed by atoms with Gasteiger partial charge in [0.05, 0.1) is 22.1 Å². The molecule has 81 heavy (non-hydrogen) atoms. The van der Waals surface area contributed by atoms with E-state index >= 15 is 0 Å². The number of hydrogen-bond acceptors (Lipinski definition) is 1. The third-order valence-corrected chi connectivity index (χ3v) is 16.2. The van der Waals surface area contributed by atoms with Crippen molar-refractivity contribution in [2.75, 3.05) is 4.90 Å². The fourth-order valence-corrected chi connectivity index (χ4v) is 12.4. The molecule has 2 heterocycles. The van der Waals surface area contributed by atoms with Crippen molar-refractivity contribution < 1.29 is 0 Å². The van der Waals surface area contributed by atoms with Crippen LogP contribution in [-0.4, -0.2) is 9.13 Å². The second kappa shape index (κ2) is 20.2. The highest BCUT2D eigenvalue weighted by Crippen LogP contribution is 2.44. The molecule has 0 bridgehead atoms. The molecular formula is C78H53N3. The van der Waals surface area contributed by atoms with Crippen LogP contribution in [0.4, 0.5) is 17.1 Å². The number of anilines is 3. The smallest absolute Gasteiger partial charge is 0.0541 e. The summed E-state index contributed by atoms with van der Waals surface area (Å²) in [4.78, 5) is 2.38. The minimum absolute atomic E-state index is 1.07. The average molecular weight is 1030 g/mol. The number of benzene rings is 13. The van der Waals surface area contributed by atoms with Gasteiger partial charge in [-0.05, 0) is 158 Å². The molecule has 2 aromatic heterocycles. The van der Waals surface area contributed by atoms with Crippen LogP contribution in [0.1, 0.15) is 0 Å². The van der Waals surface area contributed by atoms with E-state index in [-0.39, 0.29) is 0 Å². The van der Waals surface area contributed by atoms with E-state index in [1.165, 1.54) is 88.1 Å². The van der Waals surface area contributed by atoms with E-state index in [0.29, 0.717) is 0 Å². The van der Waals surface area contributed by atoms with Crippen LogP contribution in [0, 0.1) is 0 Å². The Labute approximate surface area is 471 Å². The van der Waals surface area contributed by atoms with E-state index in [4.69, 9.17) is 0 Å². The summed E-state index contributed by atoms with van der Waals surface area (Å²) in [6.07, 6.45) is 0. The Morgan fingerprint density at radius 2 is 0.506 bits per heavy atom. The monoisotopic (exact) mass is 1030 g/mol. The lowest BCUT2D eigenvalue weighted by molar-refractivity contribution is 1.18. The molecule has 0 aliphatic carbocycles. The lowest BCUT2D eigenvalue weighted by Gasteiger charge is -2.26. The fraction of sp³-hybridized carbons (Fsp3) is 0. The van der Waals surface area contributed by atoms with Crippen LogP contribution in [0.3, 0.4) is 0 Å². The van der Waals surface area contributed by atoms with Crippen molar-refractivity contribution in [2.24, 2.45) is 0 Å². The van der Waals surface area contributed by atoms with Crippen LogP contribution in [0.15, 0.2) is 322 Å². The number of aromatic nitrogens is 2. The van der Waals surface area contributed by atoms with E-state index in [1.54, 1.807) is 0 Å². The van der Waals surface area contributed by atoms with Crippen molar-refractivity contribution >= 4 is 60.7 Å². The van der Waals surface area contributed by atoms with E-state index in [0.717, 1.165) is 50.7 Å². The maximum Gasteiger partial charge on any atom is 0.0541 e. The normalized spacial score (nSPS) is 11.5. The molecule has 0 amide bonds. The van der Waals surface area contributed by atoms with Gasteiger partial charge in [0, 0.05) is 50.0 Å². The third-order valence-electron chi connectivity index (χ3n) is 16.2. The Hall–Kier alpha value is -10.7. The van der Waals surface area contributed by atoms with E-state index in [2.05, 4.69) is 336 Å². The molecule has 0 fully saturated rings. The van der Waals surface area contributed by atoms with E-state index in [9.17, 15) is 0 Å². The molecule has 380 valence electrons. The summed E-state index contributed by atoms with van der Waals surface area (Å²) in [7, 11) is 0. The first kappa shape index (κ1) is 47.5. The van der Waals surface area contributed by atoms with Crippen LogP contribution in [0.25, 0.3) is 122 Å². The van der Waals surface area contributed by atoms with Gasteiger partial charge in [0.15, 0.2) is 0 Å². The Morgan fingerprint density at radius 1 is 0.185 bits per heavy atom. The van der Waals surface area contributed by atoms with Crippen LogP contribution in [-0.2, 0) is 0 Å². The molecule has 15 aromatic rings. The van der Waals surface area contributed by atoms with Gasteiger partial charge < -0.3 is 14.0 Å². The lowest BCUT2D eigenvalue weighted by atomic mass is 9.87. The van der Waals surface area contributed by atoms with Crippen LogP contribution < -0.4 is 4.90 Å². The minimum atomic E-state index is 1.07.